The van der Waals surface area contributed by atoms with Gasteiger partial charge in [-0.3, -0.25) is 14.7 Å². The number of hydrogen-bond acceptors (Lipinski definition) is 3. The first-order chi connectivity index (χ1) is 11.7. The molecule has 1 aromatic heterocycles. The molecule has 0 bridgehead atoms. The van der Waals surface area contributed by atoms with E-state index in [4.69, 9.17) is 11.6 Å². The Balaban J connectivity index is 0.000000450. The van der Waals surface area contributed by atoms with E-state index in [2.05, 4.69) is 15.5 Å². The summed E-state index contributed by atoms with van der Waals surface area (Å²) in [6, 6.07) is 3.23. The minimum atomic E-state index is -4.40. The average molecular weight is 378 g/mol. The number of rotatable bonds is 5. The van der Waals surface area contributed by atoms with Gasteiger partial charge in [-0.25, -0.2) is 0 Å². The number of hydrogen-bond donors (Lipinski definition) is 2. The molecule has 0 fully saturated rings. The van der Waals surface area contributed by atoms with E-state index in [1.807, 2.05) is 13.8 Å². The van der Waals surface area contributed by atoms with Gasteiger partial charge in [-0.15, -0.1) is 0 Å². The number of carbonyl (C=O) groups excluding carboxylic acids is 2. The third-order valence-electron chi connectivity index (χ3n) is 3.07. The fourth-order valence-corrected chi connectivity index (χ4v) is 2.10. The van der Waals surface area contributed by atoms with Crippen molar-refractivity contribution in [2.45, 2.75) is 45.7 Å². The Morgan fingerprint density at radius 3 is 2.32 bits per heavy atom. The Bertz CT molecular complexity index is 729. The molecule has 0 aliphatic carbocycles. The first-order valence-electron chi connectivity index (χ1n) is 7.72. The summed E-state index contributed by atoms with van der Waals surface area (Å²) in [5, 5.41) is 9.08. The van der Waals surface area contributed by atoms with Crippen LogP contribution in [0.25, 0.3) is 10.9 Å². The molecule has 2 aromatic rings. The van der Waals surface area contributed by atoms with Crippen LogP contribution >= 0.6 is 11.6 Å². The molecule has 138 valence electrons. The highest BCUT2D eigenvalue weighted by Gasteiger charge is 2.30. The lowest BCUT2D eigenvalue weighted by Gasteiger charge is -2.06. The van der Waals surface area contributed by atoms with Crippen LogP contribution in [0.15, 0.2) is 18.2 Å². The van der Waals surface area contributed by atoms with Crippen molar-refractivity contribution in [3.8, 4) is 0 Å². The van der Waals surface area contributed by atoms with Crippen LogP contribution in [0.1, 0.15) is 45.1 Å². The molecule has 0 saturated carbocycles. The predicted octanol–water partition coefficient (Wildman–Crippen LogP) is 4.87. The lowest BCUT2D eigenvalue weighted by molar-refractivity contribution is -0.137. The van der Waals surface area contributed by atoms with Crippen molar-refractivity contribution in [1.29, 1.82) is 0 Å². The number of nitrogens with one attached hydrogen (secondary N) is 2. The summed E-state index contributed by atoms with van der Waals surface area (Å²) in [4.78, 5) is 21.2. The first-order valence-corrected chi connectivity index (χ1v) is 8.10. The topological polar surface area (TPSA) is 74.8 Å². The fraction of sp³-hybridized carbons (Fsp3) is 0.438. The fourth-order valence-electron chi connectivity index (χ4n) is 1.91. The van der Waals surface area contributed by atoms with E-state index in [1.165, 1.54) is 6.07 Å². The van der Waals surface area contributed by atoms with Crippen LogP contribution in [0, 0.1) is 0 Å². The number of carbonyl (C=O) groups is 2. The summed E-state index contributed by atoms with van der Waals surface area (Å²) in [5.41, 5.74) is -0.517. The second kappa shape index (κ2) is 9.41. The molecule has 1 heterocycles. The van der Waals surface area contributed by atoms with Crippen molar-refractivity contribution >= 4 is 39.5 Å². The normalized spacial score (nSPS) is 11.0. The number of anilines is 1. The molecule has 1 aromatic carbocycles. The predicted molar refractivity (Wildman–Crippen MR) is 90.4 cm³/mol. The zero-order valence-corrected chi connectivity index (χ0v) is 14.6. The van der Waals surface area contributed by atoms with E-state index in [9.17, 15) is 22.8 Å². The largest absolute Gasteiger partial charge is 0.416 e. The van der Waals surface area contributed by atoms with Crippen LogP contribution in [0.5, 0.6) is 0 Å². The van der Waals surface area contributed by atoms with Crippen LogP contribution in [0.2, 0.25) is 0 Å². The van der Waals surface area contributed by atoms with Crippen LogP contribution in [-0.4, -0.2) is 21.3 Å². The molecule has 0 spiro atoms. The Labute approximate surface area is 147 Å². The van der Waals surface area contributed by atoms with Gasteiger partial charge in [-0.05, 0) is 42.6 Å². The maximum Gasteiger partial charge on any atom is 0.416 e. The average Bonchev–Trinajstić information content (AvgIpc) is 2.89. The number of aromatic nitrogens is 2. The molecule has 0 aliphatic heterocycles. The Morgan fingerprint density at radius 1 is 1.20 bits per heavy atom. The number of fused-ring (bicyclic) bond motifs is 1. The zero-order chi connectivity index (χ0) is 19.0. The third-order valence-corrected chi connectivity index (χ3v) is 3.26. The van der Waals surface area contributed by atoms with Gasteiger partial charge in [0.1, 0.15) is 0 Å². The molecule has 0 saturated heterocycles. The minimum Gasteiger partial charge on any atom is -0.309 e. The van der Waals surface area contributed by atoms with Crippen molar-refractivity contribution in [3.63, 3.8) is 0 Å². The third kappa shape index (κ3) is 6.74. The number of nitrogens with zero attached hydrogens (tertiary/aromatic N) is 1. The van der Waals surface area contributed by atoms with Gasteiger partial charge < -0.3 is 5.32 Å². The molecule has 0 radical (unpaired) electrons. The molecular weight excluding hydrogens is 359 g/mol. The van der Waals surface area contributed by atoms with E-state index in [0.29, 0.717) is 24.6 Å². The zero-order valence-electron chi connectivity index (χ0n) is 13.8. The highest BCUT2D eigenvalue weighted by Crippen LogP contribution is 2.32. The van der Waals surface area contributed by atoms with Gasteiger partial charge >= 0.3 is 6.18 Å². The van der Waals surface area contributed by atoms with Crippen molar-refractivity contribution < 1.29 is 22.8 Å². The minimum absolute atomic E-state index is 0.212. The van der Waals surface area contributed by atoms with Crippen LogP contribution < -0.4 is 5.32 Å². The van der Waals surface area contributed by atoms with Gasteiger partial charge in [-0.1, -0.05) is 13.8 Å². The molecule has 0 aliphatic rings. The van der Waals surface area contributed by atoms with Crippen molar-refractivity contribution in [1.82, 2.24) is 10.2 Å². The Morgan fingerprint density at radius 2 is 1.84 bits per heavy atom. The van der Waals surface area contributed by atoms with Gasteiger partial charge in [0.05, 0.1) is 11.1 Å². The lowest BCUT2D eigenvalue weighted by Crippen LogP contribution is -2.11. The number of amides is 1. The van der Waals surface area contributed by atoms with Gasteiger partial charge in [0.25, 0.3) is 0 Å². The van der Waals surface area contributed by atoms with Gasteiger partial charge in [0, 0.05) is 18.2 Å². The molecular formula is C16H19ClF3N3O2. The summed E-state index contributed by atoms with van der Waals surface area (Å²) in [7, 11) is 0. The standard InChI is InChI=1S/C12H12F3N3O.C4H7ClO/c1-2-3-10(19)16-11-8-5-4-7(12(13,14)15)6-9(8)17-18-11;1-2-3-4(5)6/h4-6H,2-3H2,1H3,(H2,16,17,18,19);2-3H2,1H3. The van der Waals surface area contributed by atoms with Crippen molar-refractivity contribution in [3.05, 3.63) is 23.8 Å². The van der Waals surface area contributed by atoms with Gasteiger partial charge in [-0.2, -0.15) is 18.3 Å². The smallest absolute Gasteiger partial charge is 0.309 e. The number of halogens is 4. The Hall–Kier alpha value is -2.09. The highest BCUT2D eigenvalue weighted by molar-refractivity contribution is 6.63. The summed E-state index contributed by atoms with van der Waals surface area (Å²) >= 11 is 4.94. The molecule has 1 amide bonds. The molecule has 9 heteroatoms. The second-order valence-corrected chi connectivity index (χ2v) is 5.66. The molecule has 0 atom stereocenters. The van der Waals surface area contributed by atoms with Crippen LogP contribution in [-0.2, 0) is 15.8 Å². The summed E-state index contributed by atoms with van der Waals surface area (Å²) in [6.07, 6.45) is -2.02. The van der Waals surface area contributed by atoms with Crippen molar-refractivity contribution in [2.24, 2.45) is 0 Å². The molecule has 25 heavy (non-hydrogen) atoms. The number of benzene rings is 1. The SMILES string of the molecule is CCCC(=O)Cl.CCCC(=O)Nc1n[nH]c2cc(C(F)(F)F)ccc12. The summed E-state index contributed by atoms with van der Waals surface area (Å²) in [6.45, 7) is 3.78. The Kier molecular flexibility index (Phi) is 7.89. The van der Waals surface area contributed by atoms with E-state index >= 15 is 0 Å². The number of aromatic amines is 1. The number of alkyl halides is 3. The van der Waals surface area contributed by atoms with Crippen LogP contribution in [0.3, 0.4) is 0 Å². The first kappa shape index (κ1) is 21.0. The maximum atomic E-state index is 12.5. The van der Waals surface area contributed by atoms with Gasteiger partial charge in [0.15, 0.2) is 5.82 Å². The summed E-state index contributed by atoms with van der Waals surface area (Å²) in [5.74, 6) is 0.0398. The molecule has 5 nitrogen and oxygen atoms in total. The highest BCUT2D eigenvalue weighted by atomic mass is 35.5. The van der Waals surface area contributed by atoms with Crippen molar-refractivity contribution in [2.75, 3.05) is 5.32 Å². The maximum absolute atomic E-state index is 12.5. The monoisotopic (exact) mass is 377 g/mol. The van der Waals surface area contributed by atoms with E-state index in [-0.39, 0.29) is 22.5 Å². The van der Waals surface area contributed by atoms with E-state index in [1.54, 1.807) is 0 Å². The van der Waals surface area contributed by atoms with E-state index < -0.39 is 11.7 Å². The van der Waals surface area contributed by atoms with E-state index in [0.717, 1.165) is 18.6 Å². The quantitative estimate of drug-likeness (QED) is 0.730. The molecule has 2 N–H and O–H groups in total. The van der Waals surface area contributed by atoms with Gasteiger partial charge in [0.2, 0.25) is 11.1 Å². The lowest BCUT2D eigenvalue weighted by atomic mass is 10.1. The second-order valence-electron chi connectivity index (χ2n) is 5.23. The molecule has 2 rings (SSSR count). The number of H-pyrrole nitrogens is 1. The summed E-state index contributed by atoms with van der Waals surface area (Å²) < 4.78 is 37.6. The molecule has 0 unspecified atom stereocenters. The van der Waals surface area contributed by atoms with Crippen LogP contribution in [0.4, 0.5) is 19.0 Å².